The van der Waals surface area contributed by atoms with Crippen molar-refractivity contribution in [3.05, 3.63) is 47.3 Å². The van der Waals surface area contributed by atoms with Gasteiger partial charge in [-0.15, -0.1) is 0 Å². The van der Waals surface area contributed by atoms with Crippen LogP contribution in [0.3, 0.4) is 0 Å². The molecule has 0 saturated heterocycles. The molecular weight excluding hydrogens is 306 g/mol. The minimum Gasteiger partial charge on any atom is -0.480 e. The molecule has 1 aromatic heterocycles. The summed E-state index contributed by atoms with van der Waals surface area (Å²) in [5.74, 6) is -1.40. The number of carboxylic acids is 1. The third-order valence-electron chi connectivity index (χ3n) is 3.97. The number of rotatable bonds is 7. The second kappa shape index (κ2) is 7.77. The number of nitrogens with one attached hydrogen (secondary N) is 1. The first kappa shape index (κ1) is 17.7. The number of para-hydroxylation sites is 1. The van der Waals surface area contributed by atoms with E-state index in [0.717, 1.165) is 18.5 Å². The van der Waals surface area contributed by atoms with Crippen molar-refractivity contribution in [2.24, 2.45) is 0 Å². The number of carboxylic acid groups (broad SMARTS) is 1. The Labute approximate surface area is 141 Å². The molecule has 0 saturated carbocycles. The summed E-state index contributed by atoms with van der Waals surface area (Å²) in [5, 5.41) is 16.3. The highest BCUT2D eigenvalue weighted by atomic mass is 16.4. The van der Waals surface area contributed by atoms with Crippen LogP contribution in [0.1, 0.15) is 47.9 Å². The Morgan fingerprint density at radius 2 is 1.92 bits per heavy atom. The number of carbonyl (C=O) groups is 2. The van der Waals surface area contributed by atoms with Crippen LogP contribution in [0.25, 0.3) is 5.69 Å². The van der Waals surface area contributed by atoms with Gasteiger partial charge >= 0.3 is 5.97 Å². The summed E-state index contributed by atoms with van der Waals surface area (Å²) in [6.45, 7) is 5.55. The molecule has 0 aliphatic carbocycles. The van der Waals surface area contributed by atoms with E-state index in [9.17, 15) is 14.7 Å². The van der Waals surface area contributed by atoms with E-state index in [1.54, 1.807) is 11.6 Å². The lowest BCUT2D eigenvalue weighted by Gasteiger charge is -2.14. The lowest BCUT2D eigenvalue weighted by Crippen LogP contribution is -2.41. The largest absolute Gasteiger partial charge is 0.480 e. The van der Waals surface area contributed by atoms with Crippen molar-refractivity contribution in [1.82, 2.24) is 15.1 Å². The van der Waals surface area contributed by atoms with Crippen LogP contribution in [0.4, 0.5) is 0 Å². The Kier molecular flexibility index (Phi) is 5.73. The maximum absolute atomic E-state index is 12.6. The number of hydrogen-bond acceptors (Lipinski definition) is 3. The van der Waals surface area contributed by atoms with Crippen molar-refractivity contribution >= 4 is 11.9 Å². The second-order valence-electron chi connectivity index (χ2n) is 5.80. The zero-order valence-corrected chi connectivity index (χ0v) is 14.2. The summed E-state index contributed by atoms with van der Waals surface area (Å²) in [6.07, 6.45) is 2.05. The molecule has 6 heteroatoms. The van der Waals surface area contributed by atoms with Gasteiger partial charge in [0, 0.05) is 0 Å². The Hall–Kier alpha value is -2.63. The molecule has 0 aliphatic rings. The van der Waals surface area contributed by atoms with Crippen LogP contribution in [-0.4, -0.2) is 32.8 Å². The molecule has 0 fully saturated rings. The standard InChI is InChI=1S/C18H23N3O3/c1-4-5-11-15(18(23)24)19-17(22)16-12(2)20-21(13(16)3)14-9-7-6-8-10-14/h6-10,15H,4-5,11H2,1-3H3,(H,19,22)(H,23,24). The topological polar surface area (TPSA) is 84.2 Å². The lowest BCUT2D eigenvalue weighted by atomic mass is 10.1. The summed E-state index contributed by atoms with van der Waals surface area (Å²) < 4.78 is 1.70. The van der Waals surface area contributed by atoms with Gasteiger partial charge in [0.25, 0.3) is 5.91 Å². The van der Waals surface area contributed by atoms with Crippen molar-refractivity contribution in [2.75, 3.05) is 0 Å². The van der Waals surface area contributed by atoms with Crippen LogP contribution in [0.5, 0.6) is 0 Å². The van der Waals surface area contributed by atoms with E-state index in [0.29, 0.717) is 23.4 Å². The summed E-state index contributed by atoms with van der Waals surface area (Å²) in [7, 11) is 0. The van der Waals surface area contributed by atoms with Crippen LogP contribution < -0.4 is 5.32 Å². The quantitative estimate of drug-likeness (QED) is 0.818. The molecule has 2 N–H and O–H groups in total. The fraction of sp³-hybridized carbons (Fsp3) is 0.389. The maximum Gasteiger partial charge on any atom is 0.326 e. The molecule has 1 unspecified atom stereocenters. The van der Waals surface area contributed by atoms with Crippen molar-refractivity contribution in [2.45, 2.75) is 46.1 Å². The van der Waals surface area contributed by atoms with Gasteiger partial charge < -0.3 is 10.4 Å². The van der Waals surface area contributed by atoms with Crippen LogP contribution in [-0.2, 0) is 4.79 Å². The van der Waals surface area contributed by atoms with Crippen LogP contribution in [0.15, 0.2) is 30.3 Å². The number of aryl methyl sites for hydroxylation is 1. The fourth-order valence-corrected chi connectivity index (χ4v) is 2.69. The van der Waals surface area contributed by atoms with Gasteiger partial charge in [-0.05, 0) is 32.4 Å². The summed E-state index contributed by atoms with van der Waals surface area (Å²) in [6, 6.07) is 8.64. The molecule has 0 aliphatic heterocycles. The number of nitrogens with zero attached hydrogens (tertiary/aromatic N) is 2. The van der Waals surface area contributed by atoms with Gasteiger partial charge in [-0.25, -0.2) is 9.48 Å². The Morgan fingerprint density at radius 3 is 2.50 bits per heavy atom. The number of aliphatic carboxylic acids is 1. The zero-order valence-electron chi connectivity index (χ0n) is 14.2. The van der Waals surface area contributed by atoms with Crippen molar-refractivity contribution < 1.29 is 14.7 Å². The maximum atomic E-state index is 12.6. The number of amides is 1. The highest BCUT2D eigenvalue weighted by Crippen LogP contribution is 2.18. The van der Waals surface area contributed by atoms with E-state index in [-0.39, 0.29) is 0 Å². The third-order valence-corrected chi connectivity index (χ3v) is 3.97. The van der Waals surface area contributed by atoms with E-state index in [4.69, 9.17) is 0 Å². The molecule has 0 spiro atoms. The average molecular weight is 329 g/mol. The van der Waals surface area contributed by atoms with E-state index in [2.05, 4.69) is 10.4 Å². The van der Waals surface area contributed by atoms with E-state index < -0.39 is 17.9 Å². The van der Waals surface area contributed by atoms with Gasteiger partial charge in [0.05, 0.1) is 22.6 Å². The Bertz CT molecular complexity index is 723. The molecule has 1 amide bonds. The molecule has 0 bridgehead atoms. The normalized spacial score (nSPS) is 12.0. The third kappa shape index (κ3) is 3.82. The fourth-order valence-electron chi connectivity index (χ4n) is 2.69. The smallest absolute Gasteiger partial charge is 0.326 e. The van der Waals surface area contributed by atoms with Crippen molar-refractivity contribution in [3.8, 4) is 5.69 Å². The van der Waals surface area contributed by atoms with Gasteiger partial charge in [0.2, 0.25) is 0 Å². The van der Waals surface area contributed by atoms with Gasteiger partial charge in [-0.1, -0.05) is 38.0 Å². The number of hydrogen-bond donors (Lipinski definition) is 2. The molecule has 1 heterocycles. The van der Waals surface area contributed by atoms with Crippen molar-refractivity contribution in [3.63, 3.8) is 0 Å². The predicted molar refractivity (Wildman–Crippen MR) is 91.5 cm³/mol. The SMILES string of the molecule is CCCCC(NC(=O)c1c(C)nn(-c2ccccc2)c1C)C(=O)O. The highest BCUT2D eigenvalue weighted by Gasteiger charge is 2.24. The lowest BCUT2D eigenvalue weighted by molar-refractivity contribution is -0.139. The van der Waals surface area contributed by atoms with Crippen LogP contribution >= 0.6 is 0 Å². The molecule has 1 atom stereocenters. The first-order valence-electron chi connectivity index (χ1n) is 8.11. The van der Waals surface area contributed by atoms with Crippen LogP contribution in [0.2, 0.25) is 0 Å². The molecule has 128 valence electrons. The Morgan fingerprint density at radius 1 is 1.25 bits per heavy atom. The Balaban J connectivity index is 2.27. The molecule has 2 rings (SSSR count). The van der Waals surface area contributed by atoms with E-state index in [1.807, 2.05) is 44.2 Å². The number of benzene rings is 1. The predicted octanol–water partition coefficient (Wildman–Crippen LogP) is 2.86. The van der Waals surface area contributed by atoms with E-state index >= 15 is 0 Å². The molecule has 0 radical (unpaired) electrons. The summed E-state index contributed by atoms with van der Waals surface area (Å²) in [4.78, 5) is 23.9. The molecule has 2 aromatic rings. The highest BCUT2D eigenvalue weighted by molar-refractivity contribution is 5.98. The van der Waals surface area contributed by atoms with Crippen LogP contribution in [0, 0.1) is 13.8 Å². The molecular formula is C18H23N3O3. The van der Waals surface area contributed by atoms with Crippen molar-refractivity contribution in [1.29, 1.82) is 0 Å². The van der Waals surface area contributed by atoms with Gasteiger partial charge in [0.15, 0.2) is 0 Å². The minimum atomic E-state index is -1.01. The summed E-state index contributed by atoms with van der Waals surface area (Å²) in [5.41, 5.74) is 2.56. The average Bonchev–Trinajstić information content (AvgIpc) is 2.86. The zero-order chi connectivity index (χ0) is 17.7. The monoisotopic (exact) mass is 329 g/mol. The molecule has 24 heavy (non-hydrogen) atoms. The van der Waals surface area contributed by atoms with Gasteiger partial charge in [-0.3, -0.25) is 4.79 Å². The van der Waals surface area contributed by atoms with Gasteiger partial charge in [-0.2, -0.15) is 5.10 Å². The molecule has 6 nitrogen and oxygen atoms in total. The minimum absolute atomic E-state index is 0.393. The number of unbranched alkanes of at least 4 members (excludes halogenated alkanes) is 1. The summed E-state index contributed by atoms with van der Waals surface area (Å²) >= 11 is 0. The number of carbonyl (C=O) groups excluding carboxylic acids is 1. The van der Waals surface area contributed by atoms with Gasteiger partial charge in [0.1, 0.15) is 6.04 Å². The van der Waals surface area contributed by atoms with E-state index in [1.165, 1.54) is 0 Å². The first-order valence-corrected chi connectivity index (χ1v) is 8.11. The first-order chi connectivity index (χ1) is 11.5. The number of aromatic nitrogens is 2. The second-order valence-corrected chi connectivity index (χ2v) is 5.80. The molecule has 1 aromatic carbocycles.